The number of pyridine rings is 1. The van der Waals surface area contributed by atoms with Crippen LogP contribution in [-0.4, -0.2) is 35.1 Å². The van der Waals surface area contributed by atoms with Crippen LogP contribution >= 0.6 is 0 Å². The molecule has 2 heterocycles. The van der Waals surface area contributed by atoms with E-state index in [1.807, 2.05) is 12.3 Å². The molecule has 1 aliphatic heterocycles. The lowest BCUT2D eigenvalue weighted by molar-refractivity contribution is 0.309. The van der Waals surface area contributed by atoms with Gasteiger partial charge in [0.25, 0.3) is 5.56 Å². The maximum Gasteiger partial charge on any atom is 0.250 e. The lowest BCUT2D eigenvalue weighted by Crippen LogP contribution is -2.41. The van der Waals surface area contributed by atoms with Gasteiger partial charge in [0.2, 0.25) is 0 Å². The van der Waals surface area contributed by atoms with Crippen LogP contribution in [0.3, 0.4) is 0 Å². The van der Waals surface area contributed by atoms with Crippen LogP contribution in [0.4, 0.5) is 0 Å². The third-order valence-electron chi connectivity index (χ3n) is 6.42. The molecule has 1 spiro atoms. The van der Waals surface area contributed by atoms with Crippen molar-refractivity contribution in [2.45, 2.75) is 52.1 Å². The minimum Gasteiger partial charge on any atom is -0.357 e. The molecule has 2 fully saturated rings. The SMILES string of the molecule is CCNC(=NCc1ccc(Cn2ccccc2=O)cc1)N1CCC2(CCCC2)C1. The summed E-state index contributed by atoms with van der Waals surface area (Å²) in [5, 5.41) is 3.49. The summed E-state index contributed by atoms with van der Waals surface area (Å²) in [4.78, 5) is 19.3. The van der Waals surface area contributed by atoms with Crippen molar-refractivity contribution in [1.29, 1.82) is 0 Å². The van der Waals surface area contributed by atoms with Crippen molar-refractivity contribution in [3.05, 3.63) is 70.1 Å². The number of nitrogens with zero attached hydrogens (tertiary/aromatic N) is 3. The van der Waals surface area contributed by atoms with E-state index in [1.54, 1.807) is 16.7 Å². The smallest absolute Gasteiger partial charge is 0.250 e. The van der Waals surface area contributed by atoms with Crippen molar-refractivity contribution in [2.24, 2.45) is 10.4 Å². The molecule has 154 valence electrons. The van der Waals surface area contributed by atoms with Crippen LogP contribution in [0.25, 0.3) is 0 Å². The first kappa shape index (κ1) is 19.7. The number of aliphatic imine (C=N–C) groups is 1. The lowest BCUT2D eigenvalue weighted by atomic mass is 9.86. The predicted octanol–water partition coefficient (Wildman–Crippen LogP) is 3.63. The maximum absolute atomic E-state index is 11.9. The molecule has 2 aromatic rings. The van der Waals surface area contributed by atoms with Gasteiger partial charge in [0.1, 0.15) is 0 Å². The normalized spacial score (nSPS) is 18.5. The number of aromatic nitrogens is 1. The highest BCUT2D eigenvalue weighted by atomic mass is 16.1. The fourth-order valence-electron chi connectivity index (χ4n) is 4.78. The highest BCUT2D eigenvalue weighted by Gasteiger charge is 2.41. The van der Waals surface area contributed by atoms with E-state index >= 15 is 0 Å². The summed E-state index contributed by atoms with van der Waals surface area (Å²) in [6.45, 7) is 6.59. The second-order valence-electron chi connectivity index (χ2n) is 8.53. The van der Waals surface area contributed by atoms with Crippen molar-refractivity contribution in [1.82, 2.24) is 14.8 Å². The maximum atomic E-state index is 11.9. The monoisotopic (exact) mass is 392 g/mol. The van der Waals surface area contributed by atoms with E-state index in [0.29, 0.717) is 18.5 Å². The van der Waals surface area contributed by atoms with Crippen molar-refractivity contribution >= 4 is 5.96 Å². The Hall–Kier alpha value is -2.56. The number of likely N-dealkylation sites (tertiary alicyclic amines) is 1. The second-order valence-corrected chi connectivity index (χ2v) is 8.53. The van der Waals surface area contributed by atoms with Gasteiger partial charge >= 0.3 is 0 Å². The molecule has 1 N–H and O–H groups in total. The van der Waals surface area contributed by atoms with Crippen LogP contribution in [-0.2, 0) is 13.1 Å². The Kier molecular flexibility index (Phi) is 6.02. The first-order valence-electron chi connectivity index (χ1n) is 10.9. The van der Waals surface area contributed by atoms with Gasteiger partial charge in [-0.15, -0.1) is 0 Å². The standard InChI is InChI=1S/C24H32N4O/c1-2-25-23(28-16-14-24(19-28)12-4-5-13-24)26-17-20-8-10-21(11-9-20)18-27-15-6-3-7-22(27)29/h3,6-11,15H,2,4-5,12-14,16-19H2,1H3,(H,25,26). The summed E-state index contributed by atoms with van der Waals surface area (Å²) < 4.78 is 1.72. The summed E-state index contributed by atoms with van der Waals surface area (Å²) in [5.41, 5.74) is 2.90. The fraction of sp³-hybridized carbons (Fsp3) is 0.500. The van der Waals surface area contributed by atoms with Crippen LogP contribution in [0.2, 0.25) is 0 Å². The molecule has 0 bridgehead atoms. The summed E-state index contributed by atoms with van der Waals surface area (Å²) in [7, 11) is 0. The van der Waals surface area contributed by atoms with Gasteiger partial charge in [-0.05, 0) is 48.8 Å². The van der Waals surface area contributed by atoms with E-state index in [-0.39, 0.29) is 5.56 Å². The Morgan fingerprint density at radius 1 is 1.07 bits per heavy atom. The Bertz CT molecular complexity index is 894. The number of nitrogens with one attached hydrogen (secondary N) is 1. The molecule has 5 heteroatoms. The molecule has 1 aromatic heterocycles. The average molecular weight is 393 g/mol. The molecule has 0 amide bonds. The van der Waals surface area contributed by atoms with Gasteiger partial charge in [-0.25, -0.2) is 4.99 Å². The molecule has 1 saturated carbocycles. The van der Waals surface area contributed by atoms with Gasteiger partial charge in [-0.1, -0.05) is 43.2 Å². The van der Waals surface area contributed by atoms with Crippen LogP contribution in [0.1, 0.15) is 50.2 Å². The first-order valence-corrected chi connectivity index (χ1v) is 10.9. The topological polar surface area (TPSA) is 49.6 Å². The van der Waals surface area contributed by atoms with Gasteiger partial charge in [0, 0.05) is 31.9 Å². The molecule has 0 atom stereocenters. The third kappa shape index (κ3) is 4.72. The number of rotatable bonds is 5. The molecule has 5 nitrogen and oxygen atoms in total. The van der Waals surface area contributed by atoms with Gasteiger partial charge in [-0.3, -0.25) is 4.79 Å². The van der Waals surface area contributed by atoms with Gasteiger partial charge in [0.15, 0.2) is 5.96 Å². The van der Waals surface area contributed by atoms with Gasteiger partial charge in [-0.2, -0.15) is 0 Å². The molecule has 1 saturated heterocycles. The number of guanidine groups is 1. The highest BCUT2D eigenvalue weighted by Crippen LogP contribution is 2.45. The highest BCUT2D eigenvalue weighted by molar-refractivity contribution is 5.80. The molecule has 1 aromatic carbocycles. The quantitative estimate of drug-likeness (QED) is 0.624. The summed E-state index contributed by atoms with van der Waals surface area (Å²) >= 11 is 0. The van der Waals surface area contributed by atoms with Crippen molar-refractivity contribution in [3.8, 4) is 0 Å². The summed E-state index contributed by atoms with van der Waals surface area (Å²) in [5.74, 6) is 1.05. The zero-order valence-corrected chi connectivity index (χ0v) is 17.4. The van der Waals surface area contributed by atoms with Crippen LogP contribution in [0, 0.1) is 5.41 Å². The van der Waals surface area contributed by atoms with Crippen molar-refractivity contribution < 1.29 is 0 Å². The number of hydrogen-bond acceptors (Lipinski definition) is 2. The summed E-state index contributed by atoms with van der Waals surface area (Å²) in [6.07, 6.45) is 8.69. The third-order valence-corrected chi connectivity index (χ3v) is 6.42. The van der Waals surface area contributed by atoms with E-state index in [9.17, 15) is 4.79 Å². The first-order chi connectivity index (χ1) is 14.2. The van der Waals surface area contributed by atoms with Gasteiger partial charge in [0.05, 0.1) is 13.1 Å². The largest absolute Gasteiger partial charge is 0.357 e. The van der Waals surface area contributed by atoms with E-state index in [4.69, 9.17) is 4.99 Å². The molecule has 1 aliphatic carbocycles. The molecule has 0 radical (unpaired) electrons. The van der Waals surface area contributed by atoms with E-state index in [2.05, 4.69) is 41.4 Å². The van der Waals surface area contributed by atoms with E-state index < -0.39 is 0 Å². The molecule has 4 rings (SSSR count). The fourth-order valence-corrected chi connectivity index (χ4v) is 4.78. The molecular weight excluding hydrogens is 360 g/mol. The number of benzene rings is 1. The summed E-state index contributed by atoms with van der Waals surface area (Å²) in [6, 6.07) is 13.7. The molecule has 2 aliphatic rings. The van der Waals surface area contributed by atoms with E-state index in [0.717, 1.165) is 31.2 Å². The van der Waals surface area contributed by atoms with Crippen LogP contribution in [0.5, 0.6) is 0 Å². The van der Waals surface area contributed by atoms with E-state index in [1.165, 1.54) is 37.7 Å². The predicted molar refractivity (Wildman–Crippen MR) is 118 cm³/mol. The minimum absolute atomic E-state index is 0.0297. The lowest BCUT2D eigenvalue weighted by Gasteiger charge is -2.26. The Balaban J connectivity index is 1.40. The van der Waals surface area contributed by atoms with Crippen molar-refractivity contribution in [3.63, 3.8) is 0 Å². The average Bonchev–Trinajstić information content (AvgIpc) is 3.38. The minimum atomic E-state index is 0.0297. The number of hydrogen-bond donors (Lipinski definition) is 1. The zero-order chi connectivity index (χ0) is 20.1. The van der Waals surface area contributed by atoms with Gasteiger partial charge < -0.3 is 14.8 Å². The van der Waals surface area contributed by atoms with Crippen LogP contribution < -0.4 is 10.9 Å². The molecular formula is C24H32N4O. The Morgan fingerprint density at radius 2 is 1.83 bits per heavy atom. The molecule has 29 heavy (non-hydrogen) atoms. The Labute approximate surface area is 173 Å². The zero-order valence-electron chi connectivity index (χ0n) is 17.4. The Morgan fingerprint density at radius 3 is 2.55 bits per heavy atom. The van der Waals surface area contributed by atoms with Crippen molar-refractivity contribution in [2.75, 3.05) is 19.6 Å². The molecule has 0 unspecified atom stereocenters. The van der Waals surface area contributed by atoms with Crippen LogP contribution in [0.15, 0.2) is 58.4 Å². The second kappa shape index (κ2) is 8.85.